The smallest absolute Gasteiger partial charge is 0.341 e. The summed E-state index contributed by atoms with van der Waals surface area (Å²) >= 11 is 0. The Kier molecular flexibility index (Phi) is 5.13. The Morgan fingerprint density at radius 2 is 2.15 bits per heavy atom. The predicted octanol–water partition coefficient (Wildman–Crippen LogP) is 2.66. The van der Waals surface area contributed by atoms with Crippen molar-refractivity contribution in [1.29, 1.82) is 5.26 Å². The number of pyridine rings is 1. The topological polar surface area (TPSA) is 122 Å². The van der Waals surface area contributed by atoms with E-state index in [-0.39, 0.29) is 58.6 Å². The maximum absolute atomic E-state index is 15.5. The van der Waals surface area contributed by atoms with Gasteiger partial charge in [0.05, 0.1) is 30.5 Å². The summed E-state index contributed by atoms with van der Waals surface area (Å²) in [6.45, 7) is 1.11. The number of aromatic carboxylic acids is 1. The SMILES string of the molecule is COc1c(N2CC3C=CC(C(N)CC#N)C3C2)c(F)cc2c(=O)c(C(=O)O)cn(C3CC3)c12. The number of anilines is 1. The molecule has 1 aliphatic heterocycles. The molecular weight excluding hydrogens is 427 g/mol. The number of hydrogen-bond acceptors (Lipinski definition) is 6. The van der Waals surface area contributed by atoms with Crippen LogP contribution < -0.4 is 20.8 Å². The predicted molar refractivity (Wildman–Crippen MR) is 120 cm³/mol. The second kappa shape index (κ2) is 7.89. The molecule has 0 spiro atoms. The number of nitrogens with two attached hydrogens (primary N) is 1. The van der Waals surface area contributed by atoms with E-state index >= 15 is 4.39 Å². The highest BCUT2D eigenvalue weighted by atomic mass is 19.1. The highest BCUT2D eigenvalue weighted by Gasteiger charge is 2.43. The molecule has 3 aliphatic rings. The molecule has 2 heterocycles. The van der Waals surface area contributed by atoms with Gasteiger partial charge < -0.3 is 25.0 Å². The number of methoxy groups -OCH3 is 1. The molecule has 5 rings (SSSR count). The van der Waals surface area contributed by atoms with Crippen LogP contribution in [0.3, 0.4) is 0 Å². The van der Waals surface area contributed by atoms with Gasteiger partial charge in [-0.1, -0.05) is 12.2 Å². The zero-order valence-corrected chi connectivity index (χ0v) is 18.2. The van der Waals surface area contributed by atoms with Crippen molar-refractivity contribution in [3.8, 4) is 11.8 Å². The number of hydrogen-bond donors (Lipinski definition) is 2. The second-order valence-electron chi connectivity index (χ2n) is 9.17. The summed E-state index contributed by atoms with van der Waals surface area (Å²) in [6.07, 6.45) is 7.48. The number of ether oxygens (including phenoxy) is 1. The van der Waals surface area contributed by atoms with Gasteiger partial charge in [0.1, 0.15) is 11.3 Å². The van der Waals surface area contributed by atoms with Gasteiger partial charge >= 0.3 is 5.97 Å². The van der Waals surface area contributed by atoms with Crippen molar-refractivity contribution >= 4 is 22.6 Å². The minimum atomic E-state index is -1.33. The van der Waals surface area contributed by atoms with E-state index in [4.69, 9.17) is 15.7 Å². The normalized spacial score (nSPS) is 24.7. The standard InChI is InChI=1S/C24H25FN4O4/c1-33-23-20-15(22(30)17(24(31)32)11-29(20)13-3-4-13)8-18(25)21(23)28-9-12-2-5-14(16(12)10-28)19(27)6-7-26/h2,5,8,11-14,16,19H,3-4,6,9-10,27H2,1H3,(H,31,32). The first-order valence-corrected chi connectivity index (χ1v) is 11.1. The Morgan fingerprint density at radius 1 is 1.39 bits per heavy atom. The van der Waals surface area contributed by atoms with Gasteiger partial charge in [-0.15, -0.1) is 0 Å². The second-order valence-corrected chi connectivity index (χ2v) is 9.17. The summed E-state index contributed by atoms with van der Waals surface area (Å²) in [5.41, 5.74) is 5.83. The summed E-state index contributed by atoms with van der Waals surface area (Å²) in [5, 5.41) is 18.5. The van der Waals surface area contributed by atoms with Crippen LogP contribution in [0.5, 0.6) is 5.75 Å². The number of carbonyl (C=O) groups is 1. The largest absolute Gasteiger partial charge is 0.492 e. The Morgan fingerprint density at radius 3 is 2.79 bits per heavy atom. The van der Waals surface area contributed by atoms with Crippen LogP contribution in [0, 0.1) is 34.9 Å². The van der Waals surface area contributed by atoms with Crippen LogP contribution in [0.4, 0.5) is 10.1 Å². The van der Waals surface area contributed by atoms with Crippen molar-refractivity contribution in [1.82, 2.24) is 4.57 Å². The minimum Gasteiger partial charge on any atom is -0.492 e. The Balaban J connectivity index is 1.63. The van der Waals surface area contributed by atoms with Gasteiger partial charge in [0.15, 0.2) is 11.6 Å². The fourth-order valence-electron chi connectivity index (χ4n) is 5.49. The maximum atomic E-state index is 15.5. The first-order valence-electron chi connectivity index (χ1n) is 11.1. The molecule has 9 heteroatoms. The Hall–Kier alpha value is -3.38. The summed E-state index contributed by atoms with van der Waals surface area (Å²) in [6, 6.07) is 3.04. The van der Waals surface area contributed by atoms with Crippen molar-refractivity contribution in [2.75, 3.05) is 25.1 Å². The van der Waals surface area contributed by atoms with Gasteiger partial charge in [-0.05, 0) is 36.7 Å². The van der Waals surface area contributed by atoms with E-state index in [1.54, 1.807) is 4.57 Å². The average Bonchev–Trinajstić information content (AvgIpc) is 3.42. The molecule has 172 valence electrons. The summed E-state index contributed by atoms with van der Waals surface area (Å²) in [7, 11) is 1.44. The minimum absolute atomic E-state index is 0.00751. The lowest BCUT2D eigenvalue weighted by atomic mass is 9.85. The number of rotatable bonds is 6. The zero-order chi connectivity index (χ0) is 23.4. The molecule has 1 aromatic heterocycles. The van der Waals surface area contributed by atoms with E-state index in [1.807, 2.05) is 4.90 Å². The van der Waals surface area contributed by atoms with Crippen molar-refractivity contribution in [2.45, 2.75) is 31.3 Å². The molecule has 1 saturated carbocycles. The molecule has 1 saturated heterocycles. The van der Waals surface area contributed by atoms with E-state index in [0.29, 0.717) is 18.6 Å². The van der Waals surface area contributed by atoms with Crippen LogP contribution in [0.15, 0.2) is 29.2 Å². The van der Waals surface area contributed by atoms with Crippen LogP contribution in [0.1, 0.15) is 35.7 Å². The van der Waals surface area contributed by atoms with E-state index in [2.05, 4.69) is 18.2 Å². The summed E-state index contributed by atoms with van der Waals surface area (Å²) in [4.78, 5) is 26.4. The third-order valence-electron chi connectivity index (χ3n) is 7.20. The van der Waals surface area contributed by atoms with Crippen molar-refractivity contribution in [3.63, 3.8) is 0 Å². The molecule has 2 aromatic rings. The molecule has 8 nitrogen and oxygen atoms in total. The van der Waals surface area contributed by atoms with Gasteiger partial charge in [-0.2, -0.15) is 5.26 Å². The lowest BCUT2D eigenvalue weighted by Crippen LogP contribution is -2.34. The van der Waals surface area contributed by atoms with Gasteiger partial charge in [-0.25, -0.2) is 9.18 Å². The average molecular weight is 452 g/mol. The molecule has 0 radical (unpaired) electrons. The third-order valence-corrected chi connectivity index (χ3v) is 7.20. The van der Waals surface area contributed by atoms with Crippen molar-refractivity contribution < 1.29 is 19.0 Å². The molecule has 1 aromatic carbocycles. The van der Waals surface area contributed by atoms with Crippen LogP contribution >= 0.6 is 0 Å². The van der Waals surface area contributed by atoms with E-state index in [1.165, 1.54) is 13.3 Å². The lowest BCUT2D eigenvalue weighted by Gasteiger charge is -2.27. The van der Waals surface area contributed by atoms with Gasteiger partial charge in [0, 0.05) is 31.4 Å². The fraction of sp³-hybridized carbons (Fsp3) is 0.458. The Bertz CT molecular complexity index is 1280. The quantitative estimate of drug-likeness (QED) is 0.646. The zero-order valence-electron chi connectivity index (χ0n) is 18.2. The van der Waals surface area contributed by atoms with Crippen molar-refractivity contribution in [2.24, 2.45) is 23.5 Å². The van der Waals surface area contributed by atoms with Gasteiger partial charge in [0.2, 0.25) is 5.43 Å². The molecule has 0 bridgehead atoms. The molecular formula is C24H25FN4O4. The molecule has 4 atom stereocenters. The fourth-order valence-corrected chi connectivity index (χ4v) is 5.49. The van der Waals surface area contributed by atoms with Gasteiger partial charge in [-0.3, -0.25) is 4.79 Å². The number of fused-ring (bicyclic) bond motifs is 2. The molecule has 2 fully saturated rings. The third kappa shape index (κ3) is 3.37. The number of benzene rings is 1. The maximum Gasteiger partial charge on any atom is 0.341 e. The molecule has 4 unspecified atom stereocenters. The number of halogens is 1. The van der Waals surface area contributed by atoms with Crippen LogP contribution in [0.2, 0.25) is 0 Å². The number of carboxylic acid groups (broad SMARTS) is 1. The lowest BCUT2D eigenvalue weighted by molar-refractivity contribution is 0.0695. The Labute approximate surface area is 189 Å². The van der Waals surface area contributed by atoms with E-state index < -0.39 is 17.2 Å². The highest BCUT2D eigenvalue weighted by molar-refractivity contribution is 5.97. The first kappa shape index (κ1) is 21.5. The van der Waals surface area contributed by atoms with Crippen molar-refractivity contribution in [3.05, 3.63) is 46.0 Å². The van der Waals surface area contributed by atoms with Crippen LogP contribution in [-0.2, 0) is 0 Å². The molecule has 33 heavy (non-hydrogen) atoms. The number of nitriles is 1. The van der Waals surface area contributed by atoms with E-state index in [0.717, 1.165) is 18.9 Å². The number of carboxylic acids is 1. The first-order chi connectivity index (χ1) is 15.8. The number of aromatic nitrogens is 1. The van der Waals surface area contributed by atoms with Gasteiger partial charge in [0.25, 0.3) is 0 Å². The molecule has 2 aliphatic carbocycles. The number of nitrogens with zero attached hydrogens (tertiary/aromatic N) is 3. The molecule has 0 amide bonds. The van der Waals surface area contributed by atoms with Crippen LogP contribution in [0.25, 0.3) is 10.9 Å². The summed E-state index contributed by atoms with van der Waals surface area (Å²) < 4.78 is 23.0. The monoisotopic (exact) mass is 452 g/mol. The molecule has 3 N–H and O–H groups in total. The van der Waals surface area contributed by atoms with Crippen LogP contribution in [-0.4, -0.2) is 41.9 Å². The summed E-state index contributed by atoms with van der Waals surface area (Å²) in [5.74, 6) is -1.33. The highest BCUT2D eigenvalue weighted by Crippen LogP contribution is 2.47. The van der Waals surface area contributed by atoms with E-state index in [9.17, 15) is 14.7 Å².